The lowest BCUT2D eigenvalue weighted by atomic mass is 10.1. The molecule has 2 rings (SSSR count). The number of rotatable bonds is 3. The normalized spacial score (nSPS) is 10.7. The van der Waals surface area contributed by atoms with Gasteiger partial charge < -0.3 is 0 Å². The van der Waals surface area contributed by atoms with Crippen LogP contribution >= 0.6 is 11.6 Å². The van der Waals surface area contributed by atoms with E-state index in [1.807, 2.05) is 19.9 Å². The lowest BCUT2D eigenvalue weighted by Crippen LogP contribution is -2.37. The highest BCUT2D eigenvalue weighted by Crippen LogP contribution is 2.08. The summed E-state index contributed by atoms with van der Waals surface area (Å²) < 4.78 is 1.15. The fourth-order valence-electron chi connectivity index (χ4n) is 1.87. The summed E-state index contributed by atoms with van der Waals surface area (Å²) in [6, 6.07) is 1.84. The number of H-pyrrole nitrogens is 1. The summed E-state index contributed by atoms with van der Waals surface area (Å²) in [6.45, 7) is 3.92. The second kappa shape index (κ2) is 5.40. The van der Waals surface area contributed by atoms with Gasteiger partial charge in [-0.05, 0) is 30.5 Å². The van der Waals surface area contributed by atoms with Crippen molar-refractivity contribution in [2.45, 2.75) is 26.8 Å². The molecule has 2 heterocycles. The Balaban J connectivity index is 2.56. The SMILES string of the molecule is CCc1c(Cl)[nH]c(=O)n(Cc2cnccc2C)c1=O. The van der Waals surface area contributed by atoms with Gasteiger partial charge in [0.25, 0.3) is 5.56 Å². The molecule has 1 N–H and O–H groups in total. The molecule has 0 unspecified atom stereocenters. The van der Waals surface area contributed by atoms with Gasteiger partial charge in [-0.1, -0.05) is 18.5 Å². The van der Waals surface area contributed by atoms with E-state index in [2.05, 4.69) is 9.97 Å². The molecule has 0 bridgehead atoms. The van der Waals surface area contributed by atoms with Gasteiger partial charge in [0.05, 0.1) is 12.1 Å². The molecule has 6 heteroatoms. The highest BCUT2D eigenvalue weighted by atomic mass is 35.5. The van der Waals surface area contributed by atoms with Crippen molar-refractivity contribution in [2.24, 2.45) is 0 Å². The largest absolute Gasteiger partial charge is 0.329 e. The maximum absolute atomic E-state index is 12.2. The van der Waals surface area contributed by atoms with Gasteiger partial charge in [0.2, 0.25) is 0 Å². The van der Waals surface area contributed by atoms with Crippen LogP contribution in [0.1, 0.15) is 23.6 Å². The molecule has 0 radical (unpaired) electrons. The Labute approximate surface area is 114 Å². The molecule has 2 aromatic heterocycles. The van der Waals surface area contributed by atoms with Gasteiger partial charge in [-0.2, -0.15) is 0 Å². The molecular formula is C13H14ClN3O2. The third-order valence-corrected chi connectivity index (χ3v) is 3.38. The Kier molecular flexibility index (Phi) is 3.85. The van der Waals surface area contributed by atoms with Gasteiger partial charge in [0.15, 0.2) is 0 Å². The first-order valence-corrected chi connectivity index (χ1v) is 6.33. The van der Waals surface area contributed by atoms with Crippen LogP contribution in [0.25, 0.3) is 0 Å². The average Bonchev–Trinajstić information content (AvgIpc) is 2.36. The molecule has 5 nitrogen and oxygen atoms in total. The van der Waals surface area contributed by atoms with Crippen molar-refractivity contribution in [3.8, 4) is 0 Å². The third-order valence-electron chi connectivity index (χ3n) is 3.06. The first-order valence-electron chi connectivity index (χ1n) is 5.95. The fourth-order valence-corrected chi connectivity index (χ4v) is 2.16. The van der Waals surface area contributed by atoms with Crippen LogP contribution in [0.4, 0.5) is 0 Å². The molecule has 0 aliphatic rings. The number of aryl methyl sites for hydroxylation is 1. The minimum absolute atomic E-state index is 0.122. The molecule has 0 saturated heterocycles. The number of nitrogens with zero attached hydrogens (tertiary/aromatic N) is 2. The van der Waals surface area contributed by atoms with Crippen LogP contribution in [0.3, 0.4) is 0 Å². The number of hydrogen-bond acceptors (Lipinski definition) is 3. The molecule has 0 aliphatic heterocycles. The zero-order chi connectivity index (χ0) is 14.0. The number of aromatic amines is 1. The van der Waals surface area contributed by atoms with Gasteiger partial charge in [0.1, 0.15) is 5.15 Å². The van der Waals surface area contributed by atoms with Crippen LogP contribution in [-0.2, 0) is 13.0 Å². The highest BCUT2D eigenvalue weighted by Gasteiger charge is 2.12. The zero-order valence-electron chi connectivity index (χ0n) is 10.7. The molecule has 0 spiro atoms. The Bertz CT molecular complexity index is 719. The monoisotopic (exact) mass is 279 g/mol. The first-order chi connectivity index (χ1) is 9.04. The van der Waals surface area contributed by atoms with Gasteiger partial charge in [-0.3, -0.25) is 19.3 Å². The Morgan fingerprint density at radius 3 is 2.79 bits per heavy atom. The van der Waals surface area contributed by atoms with Crippen LogP contribution in [-0.4, -0.2) is 14.5 Å². The van der Waals surface area contributed by atoms with Gasteiger partial charge in [-0.25, -0.2) is 4.79 Å². The minimum atomic E-state index is -0.504. The summed E-state index contributed by atoms with van der Waals surface area (Å²) in [5.74, 6) is 0. The summed E-state index contributed by atoms with van der Waals surface area (Å²) in [7, 11) is 0. The van der Waals surface area contributed by atoms with Gasteiger partial charge in [-0.15, -0.1) is 0 Å². The zero-order valence-corrected chi connectivity index (χ0v) is 11.5. The van der Waals surface area contributed by atoms with E-state index in [0.29, 0.717) is 12.0 Å². The smallest absolute Gasteiger partial charge is 0.297 e. The molecule has 0 aliphatic carbocycles. The van der Waals surface area contributed by atoms with Gasteiger partial charge >= 0.3 is 5.69 Å². The van der Waals surface area contributed by atoms with E-state index in [-0.39, 0.29) is 17.3 Å². The molecule has 0 amide bonds. The molecule has 0 atom stereocenters. The Morgan fingerprint density at radius 2 is 2.16 bits per heavy atom. The predicted octanol–water partition coefficient (Wildman–Crippen LogP) is 1.50. The fraction of sp³-hybridized carbons (Fsp3) is 0.308. The van der Waals surface area contributed by atoms with E-state index in [9.17, 15) is 9.59 Å². The molecular weight excluding hydrogens is 266 g/mol. The van der Waals surface area contributed by atoms with E-state index < -0.39 is 5.69 Å². The second-order valence-corrected chi connectivity index (χ2v) is 4.65. The minimum Gasteiger partial charge on any atom is -0.297 e. The number of halogens is 1. The Hall–Kier alpha value is -1.88. The van der Waals surface area contributed by atoms with E-state index in [4.69, 9.17) is 11.6 Å². The predicted molar refractivity (Wildman–Crippen MR) is 73.8 cm³/mol. The van der Waals surface area contributed by atoms with Crippen LogP contribution in [0.2, 0.25) is 5.15 Å². The third kappa shape index (κ3) is 2.61. The summed E-state index contributed by atoms with van der Waals surface area (Å²) in [5.41, 5.74) is 1.38. The number of pyridine rings is 1. The van der Waals surface area contributed by atoms with Crippen LogP contribution in [0.15, 0.2) is 28.0 Å². The summed E-state index contributed by atoms with van der Waals surface area (Å²) in [6.07, 6.45) is 3.80. The molecule has 100 valence electrons. The van der Waals surface area contributed by atoms with E-state index in [1.165, 1.54) is 0 Å². The van der Waals surface area contributed by atoms with Crippen LogP contribution < -0.4 is 11.2 Å². The molecule has 0 fully saturated rings. The molecule has 2 aromatic rings. The molecule has 0 aromatic carbocycles. The van der Waals surface area contributed by atoms with Crippen molar-refractivity contribution in [2.75, 3.05) is 0 Å². The highest BCUT2D eigenvalue weighted by molar-refractivity contribution is 6.30. The number of nitrogens with one attached hydrogen (secondary N) is 1. The standard InChI is InChI=1S/C13H14ClN3O2/c1-3-10-11(14)16-13(19)17(12(10)18)7-9-6-15-5-4-8(9)2/h4-6H,3,7H2,1-2H3,(H,16,19). The van der Waals surface area contributed by atoms with Crippen molar-refractivity contribution in [1.29, 1.82) is 0 Å². The Morgan fingerprint density at radius 1 is 1.42 bits per heavy atom. The summed E-state index contributed by atoms with van der Waals surface area (Å²) in [5, 5.41) is 0.122. The lowest BCUT2D eigenvalue weighted by molar-refractivity contribution is 0.681. The molecule has 19 heavy (non-hydrogen) atoms. The van der Waals surface area contributed by atoms with Crippen molar-refractivity contribution in [1.82, 2.24) is 14.5 Å². The van der Waals surface area contributed by atoms with E-state index in [0.717, 1.165) is 15.7 Å². The maximum atomic E-state index is 12.2. The second-order valence-electron chi connectivity index (χ2n) is 4.27. The van der Waals surface area contributed by atoms with Crippen LogP contribution in [0, 0.1) is 6.92 Å². The van der Waals surface area contributed by atoms with Crippen molar-refractivity contribution < 1.29 is 0 Å². The first kappa shape index (κ1) is 13.5. The number of aromatic nitrogens is 3. The topological polar surface area (TPSA) is 67.8 Å². The van der Waals surface area contributed by atoms with Crippen molar-refractivity contribution in [3.05, 3.63) is 61.1 Å². The quantitative estimate of drug-likeness (QED) is 0.866. The van der Waals surface area contributed by atoms with Gasteiger partial charge in [0, 0.05) is 12.4 Å². The summed E-state index contributed by atoms with van der Waals surface area (Å²) >= 11 is 5.86. The number of hydrogen-bond donors (Lipinski definition) is 1. The maximum Gasteiger partial charge on any atom is 0.329 e. The van der Waals surface area contributed by atoms with E-state index >= 15 is 0 Å². The van der Waals surface area contributed by atoms with Crippen molar-refractivity contribution in [3.63, 3.8) is 0 Å². The lowest BCUT2D eigenvalue weighted by Gasteiger charge is -2.09. The van der Waals surface area contributed by atoms with Crippen molar-refractivity contribution >= 4 is 11.6 Å². The molecule has 0 saturated carbocycles. The van der Waals surface area contributed by atoms with Crippen LogP contribution in [0.5, 0.6) is 0 Å². The summed E-state index contributed by atoms with van der Waals surface area (Å²) in [4.78, 5) is 30.5. The average molecular weight is 280 g/mol. The van der Waals surface area contributed by atoms with E-state index in [1.54, 1.807) is 12.4 Å².